The zero-order chi connectivity index (χ0) is 18.4. The minimum absolute atomic E-state index is 0.324. The van der Waals surface area contributed by atoms with Crippen molar-refractivity contribution in [2.24, 2.45) is 0 Å². The van der Waals surface area contributed by atoms with Gasteiger partial charge in [0.05, 0.1) is 5.56 Å². The topological polar surface area (TPSA) is 41.1 Å². The maximum atomic E-state index is 13.6. The third kappa shape index (κ3) is 4.66. The average molecular weight is 352 g/mol. The molecule has 3 nitrogen and oxygen atoms in total. The first-order chi connectivity index (χ1) is 12.6. The van der Waals surface area contributed by atoms with Gasteiger partial charge in [0, 0.05) is 17.9 Å². The van der Waals surface area contributed by atoms with Crippen LogP contribution in [0.5, 0.6) is 0 Å². The lowest BCUT2D eigenvalue weighted by atomic mass is 10.1. The number of amides is 1. The van der Waals surface area contributed by atoms with E-state index in [1.807, 2.05) is 30.3 Å². The predicted molar refractivity (Wildman–Crippen MR) is 99.4 cm³/mol. The van der Waals surface area contributed by atoms with Crippen molar-refractivity contribution in [3.05, 3.63) is 95.6 Å². The van der Waals surface area contributed by atoms with E-state index < -0.39 is 17.5 Å². The van der Waals surface area contributed by atoms with E-state index in [4.69, 9.17) is 0 Å². The molecule has 0 unspecified atom stereocenters. The summed E-state index contributed by atoms with van der Waals surface area (Å²) in [5.74, 6) is -2.11. The summed E-state index contributed by atoms with van der Waals surface area (Å²) < 4.78 is 26.8. The Hall–Kier alpha value is -3.21. The van der Waals surface area contributed by atoms with Crippen LogP contribution in [0, 0.1) is 11.6 Å². The van der Waals surface area contributed by atoms with E-state index in [-0.39, 0.29) is 5.56 Å². The molecule has 0 aliphatic carbocycles. The Bertz CT molecular complexity index is 880. The molecular formula is C21H18F2N2O. The number of hydrogen-bond donors (Lipinski definition) is 2. The smallest absolute Gasteiger partial charge is 0.258 e. The maximum Gasteiger partial charge on any atom is 0.258 e. The molecule has 0 spiro atoms. The average Bonchev–Trinajstić information content (AvgIpc) is 2.66. The van der Waals surface area contributed by atoms with Gasteiger partial charge in [-0.3, -0.25) is 4.79 Å². The van der Waals surface area contributed by atoms with Crippen LogP contribution in [0.1, 0.15) is 15.9 Å². The van der Waals surface area contributed by atoms with E-state index in [0.29, 0.717) is 5.69 Å². The highest BCUT2D eigenvalue weighted by molar-refractivity contribution is 6.04. The Morgan fingerprint density at radius 3 is 2.27 bits per heavy atom. The molecule has 0 radical (unpaired) electrons. The molecule has 0 bridgehead atoms. The molecular weight excluding hydrogens is 334 g/mol. The van der Waals surface area contributed by atoms with Gasteiger partial charge in [0.2, 0.25) is 0 Å². The van der Waals surface area contributed by atoms with Crippen molar-refractivity contribution in [1.29, 1.82) is 0 Å². The van der Waals surface area contributed by atoms with Crippen LogP contribution in [0.25, 0.3) is 0 Å². The lowest BCUT2D eigenvalue weighted by Gasteiger charge is -2.09. The van der Waals surface area contributed by atoms with Crippen molar-refractivity contribution in [2.75, 3.05) is 17.2 Å². The Labute approximate surface area is 150 Å². The van der Waals surface area contributed by atoms with Crippen LogP contribution < -0.4 is 10.6 Å². The van der Waals surface area contributed by atoms with Crippen LogP contribution in [0.2, 0.25) is 0 Å². The van der Waals surface area contributed by atoms with Crippen molar-refractivity contribution in [2.45, 2.75) is 6.42 Å². The summed E-state index contributed by atoms with van der Waals surface area (Å²) in [5.41, 5.74) is 2.35. The van der Waals surface area contributed by atoms with Crippen LogP contribution in [0.15, 0.2) is 72.8 Å². The van der Waals surface area contributed by atoms with Gasteiger partial charge >= 0.3 is 0 Å². The number of carbonyl (C=O) groups excluding carboxylic acids is 1. The number of anilines is 2. The van der Waals surface area contributed by atoms with Crippen LogP contribution >= 0.6 is 0 Å². The van der Waals surface area contributed by atoms with Gasteiger partial charge < -0.3 is 10.6 Å². The number of hydrogen-bond acceptors (Lipinski definition) is 2. The Morgan fingerprint density at radius 2 is 1.54 bits per heavy atom. The van der Waals surface area contributed by atoms with E-state index >= 15 is 0 Å². The van der Waals surface area contributed by atoms with E-state index in [1.165, 1.54) is 5.56 Å². The predicted octanol–water partition coefficient (Wildman–Crippen LogP) is 4.87. The summed E-state index contributed by atoms with van der Waals surface area (Å²) in [4.78, 5) is 12.1. The third-order valence-electron chi connectivity index (χ3n) is 3.90. The number of benzene rings is 3. The van der Waals surface area contributed by atoms with E-state index in [0.717, 1.165) is 36.9 Å². The van der Waals surface area contributed by atoms with Gasteiger partial charge in [-0.05, 0) is 54.4 Å². The molecule has 0 saturated carbocycles. The van der Waals surface area contributed by atoms with E-state index in [9.17, 15) is 13.6 Å². The Kier molecular flexibility index (Phi) is 5.59. The molecule has 0 aliphatic heterocycles. The first kappa shape index (κ1) is 17.6. The summed E-state index contributed by atoms with van der Waals surface area (Å²) >= 11 is 0. The molecule has 0 aliphatic rings. The highest BCUT2D eigenvalue weighted by Gasteiger charge is 2.13. The zero-order valence-corrected chi connectivity index (χ0v) is 14.0. The molecule has 0 fully saturated rings. The fourth-order valence-corrected chi connectivity index (χ4v) is 2.54. The summed E-state index contributed by atoms with van der Waals surface area (Å²) in [5, 5.41) is 5.86. The number of halogens is 2. The Morgan fingerprint density at radius 1 is 0.846 bits per heavy atom. The standard InChI is InChI=1S/C21H18F2N2O/c22-16-6-11-20(23)19(14-16)21(26)25-18-9-7-17(8-10-18)24-13-12-15-4-2-1-3-5-15/h1-11,14,24H,12-13H2,(H,25,26). The van der Waals surface area contributed by atoms with Gasteiger partial charge in [0.15, 0.2) is 0 Å². The van der Waals surface area contributed by atoms with Gasteiger partial charge in [-0.25, -0.2) is 8.78 Å². The molecule has 5 heteroatoms. The molecule has 0 saturated heterocycles. The zero-order valence-electron chi connectivity index (χ0n) is 14.0. The SMILES string of the molecule is O=C(Nc1ccc(NCCc2ccccc2)cc1)c1cc(F)ccc1F. The van der Waals surface area contributed by atoms with Gasteiger partial charge in [0.1, 0.15) is 11.6 Å². The van der Waals surface area contributed by atoms with Gasteiger partial charge in [-0.15, -0.1) is 0 Å². The fourth-order valence-electron chi connectivity index (χ4n) is 2.54. The molecule has 0 aromatic heterocycles. The van der Waals surface area contributed by atoms with Crippen molar-refractivity contribution >= 4 is 17.3 Å². The molecule has 0 heterocycles. The van der Waals surface area contributed by atoms with Crippen molar-refractivity contribution in [3.63, 3.8) is 0 Å². The summed E-state index contributed by atoms with van der Waals surface area (Å²) in [7, 11) is 0. The van der Waals surface area contributed by atoms with Crippen LogP contribution in [0.4, 0.5) is 20.2 Å². The van der Waals surface area contributed by atoms with Gasteiger partial charge in [-0.1, -0.05) is 30.3 Å². The molecule has 132 valence electrons. The highest BCUT2D eigenvalue weighted by Crippen LogP contribution is 2.16. The second-order valence-corrected chi connectivity index (χ2v) is 5.82. The molecule has 3 aromatic carbocycles. The van der Waals surface area contributed by atoms with Crippen molar-refractivity contribution in [3.8, 4) is 0 Å². The van der Waals surface area contributed by atoms with Crippen LogP contribution in [-0.2, 0) is 6.42 Å². The largest absolute Gasteiger partial charge is 0.385 e. The third-order valence-corrected chi connectivity index (χ3v) is 3.90. The van der Waals surface area contributed by atoms with Gasteiger partial charge in [-0.2, -0.15) is 0 Å². The van der Waals surface area contributed by atoms with E-state index in [2.05, 4.69) is 22.8 Å². The van der Waals surface area contributed by atoms with E-state index in [1.54, 1.807) is 12.1 Å². The molecule has 1 amide bonds. The first-order valence-corrected chi connectivity index (χ1v) is 8.26. The normalized spacial score (nSPS) is 10.4. The van der Waals surface area contributed by atoms with Crippen molar-refractivity contribution < 1.29 is 13.6 Å². The second kappa shape index (κ2) is 8.25. The monoisotopic (exact) mass is 352 g/mol. The Balaban J connectivity index is 1.55. The quantitative estimate of drug-likeness (QED) is 0.664. The molecule has 0 atom stereocenters. The minimum Gasteiger partial charge on any atom is -0.385 e. The number of rotatable bonds is 6. The summed E-state index contributed by atoms with van der Waals surface area (Å²) in [6.45, 7) is 0.782. The number of carbonyl (C=O) groups is 1. The molecule has 3 aromatic rings. The molecule has 26 heavy (non-hydrogen) atoms. The highest BCUT2D eigenvalue weighted by atomic mass is 19.1. The van der Waals surface area contributed by atoms with Crippen molar-refractivity contribution in [1.82, 2.24) is 0 Å². The van der Waals surface area contributed by atoms with Crippen LogP contribution in [-0.4, -0.2) is 12.5 Å². The minimum atomic E-state index is -0.761. The first-order valence-electron chi connectivity index (χ1n) is 8.26. The van der Waals surface area contributed by atoms with Gasteiger partial charge in [0.25, 0.3) is 5.91 Å². The second-order valence-electron chi connectivity index (χ2n) is 5.82. The lowest BCUT2D eigenvalue weighted by Crippen LogP contribution is -2.14. The molecule has 3 rings (SSSR count). The van der Waals surface area contributed by atoms with Crippen LogP contribution in [0.3, 0.4) is 0 Å². The maximum absolute atomic E-state index is 13.6. The summed E-state index contributed by atoms with van der Waals surface area (Å²) in [6, 6.07) is 20.0. The fraction of sp³-hybridized carbons (Fsp3) is 0.0952. The molecule has 2 N–H and O–H groups in total. The lowest BCUT2D eigenvalue weighted by molar-refractivity contribution is 0.102. The number of nitrogens with one attached hydrogen (secondary N) is 2. The summed E-state index contributed by atoms with van der Waals surface area (Å²) in [6.07, 6.45) is 0.901.